The van der Waals surface area contributed by atoms with E-state index in [0.29, 0.717) is 12.3 Å². The molecule has 0 fully saturated rings. The molecule has 0 aliphatic rings. The summed E-state index contributed by atoms with van der Waals surface area (Å²) in [5.41, 5.74) is 1.74. The molecule has 0 aliphatic heterocycles. The predicted octanol–water partition coefficient (Wildman–Crippen LogP) is 4.58. The highest BCUT2D eigenvalue weighted by atomic mass is 79.9. The molecule has 0 N–H and O–H groups in total. The highest BCUT2D eigenvalue weighted by Gasteiger charge is 1.96. The molecule has 2 aromatic rings. The maximum absolute atomic E-state index is 6.85. The summed E-state index contributed by atoms with van der Waals surface area (Å²) >= 11 is 3.39. The molecule has 0 atom stereocenters. The summed E-state index contributed by atoms with van der Waals surface area (Å²) in [5, 5.41) is 0. The zero-order valence-electron chi connectivity index (χ0n) is 9.06. The lowest BCUT2D eigenvalue weighted by Gasteiger charge is -2.06. The van der Waals surface area contributed by atoms with Gasteiger partial charge in [-0.15, -0.1) is 0 Å². The van der Waals surface area contributed by atoms with E-state index < -0.39 is 0 Å². The van der Waals surface area contributed by atoms with Crippen molar-refractivity contribution in [2.24, 2.45) is 0 Å². The molecule has 0 saturated heterocycles. The van der Waals surface area contributed by atoms with Crippen LogP contribution in [0.1, 0.15) is 5.56 Å². The smallest absolute Gasteiger partial charge is 0.187 e. The fourth-order valence-electron chi connectivity index (χ4n) is 1.36. The van der Waals surface area contributed by atoms with Gasteiger partial charge in [-0.25, -0.2) is 4.85 Å². The number of rotatable bonds is 3. The normalized spacial score (nSPS) is 9.65. The fraction of sp³-hybridized carbons (Fsp3) is 0.0714. The van der Waals surface area contributed by atoms with E-state index in [9.17, 15) is 0 Å². The Labute approximate surface area is 109 Å². The largest absolute Gasteiger partial charge is 0.489 e. The Morgan fingerprint density at radius 1 is 1.00 bits per heavy atom. The van der Waals surface area contributed by atoms with E-state index in [2.05, 4.69) is 20.8 Å². The van der Waals surface area contributed by atoms with Crippen molar-refractivity contribution in [3.63, 3.8) is 0 Å². The molecule has 2 rings (SSSR count). The van der Waals surface area contributed by atoms with Gasteiger partial charge in [0.2, 0.25) is 0 Å². The molecule has 2 aromatic carbocycles. The maximum Gasteiger partial charge on any atom is 0.187 e. The van der Waals surface area contributed by atoms with Crippen LogP contribution in [0, 0.1) is 6.57 Å². The van der Waals surface area contributed by atoms with Gasteiger partial charge in [0.25, 0.3) is 0 Å². The Bertz CT molecular complexity index is 526. The third kappa shape index (κ3) is 3.33. The minimum absolute atomic E-state index is 0.532. The average molecular weight is 288 g/mol. The highest BCUT2D eigenvalue weighted by Crippen LogP contribution is 2.19. The Morgan fingerprint density at radius 3 is 2.24 bits per heavy atom. The van der Waals surface area contributed by atoms with E-state index in [4.69, 9.17) is 11.3 Å². The van der Waals surface area contributed by atoms with Crippen molar-refractivity contribution in [1.29, 1.82) is 0 Å². The van der Waals surface area contributed by atoms with Crippen LogP contribution in [-0.2, 0) is 6.61 Å². The van der Waals surface area contributed by atoms with Crippen LogP contribution in [-0.4, -0.2) is 0 Å². The zero-order valence-corrected chi connectivity index (χ0v) is 10.6. The van der Waals surface area contributed by atoms with E-state index in [0.717, 1.165) is 15.8 Å². The number of halogens is 1. The molecular formula is C14H10BrNO. The van der Waals surface area contributed by atoms with Gasteiger partial charge in [0, 0.05) is 4.47 Å². The molecule has 0 heterocycles. The van der Waals surface area contributed by atoms with Crippen LogP contribution in [0.4, 0.5) is 5.69 Å². The van der Waals surface area contributed by atoms with Gasteiger partial charge >= 0.3 is 0 Å². The number of ether oxygens (including phenoxy) is 1. The molecule has 0 amide bonds. The monoisotopic (exact) mass is 287 g/mol. The second-order valence-corrected chi connectivity index (χ2v) is 4.44. The number of nitrogens with zero attached hydrogens (tertiary/aromatic N) is 1. The Kier molecular flexibility index (Phi) is 3.79. The minimum Gasteiger partial charge on any atom is -0.489 e. The van der Waals surface area contributed by atoms with Crippen LogP contribution in [0.5, 0.6) is 5.75 Å². The Balaban J connectivity index is 1.98. The molecule has 2 nitrogen and oxygen atoms in total. The molecule has 0 aromatic heterocycles. The Morgan fingerprint density at radius 2 is 1.65 bits per heavy atom. The van der Waals surface area contributed by atoms with Crippen molar-refractivity contribution >= 4 is 21.6 Å². The molecule has 0 unspecified atom stereocenters. The van der Waals surface area contributed by atoms with Crippen molar-refractivity contribution in [2.45, 2.75) is 6.61 Å². The first-order chi connectivity index (χ1) is 8.28. The van der Waals surface area contributed by atoms with Gasteiger partial charge < -0.3 is 4.74 Å². The van der Waals surface area contributed by atoms with Gasteiger partial charge in [0.15, 0.2) is 5.69 Å². The van der Waals surface area contributed by atoms with Crippen LogP contribution in [0.3, 0.4) is 0 Å². The summed E-state index contributed by atoms with van der Waals surface area (Å²) < 4.78 is 6.67. The second kappa shape index (κ2) is 5.51. The summed E-state index contributed by atoms with van der Waals surface area (Å²) in [6, 6.07) is 15.1. The molecule has 0 saturated carbocycles. The molecule has 17 heavy (non-hydrogen) atoms. The first-order valence-corrected chi connectivity index (χ1v) is 5.92. The molecule has 0 spiro atoms. The molecule has 0 aliphatic carbocycles. The maximum atomic E-state index is 6.85. The summed E-state index contributed by atoms with van der Waals surface area (Å²) in [6.07, 6.45) is 0. The lowest BCUT2D eigenvalue weighted by atomic mass is 10.2. The quantitative estimate of drug-likeness (QED) is 0.754. The van der Waals surface area contributed by atoms with E-state index in [1.165, 1.54) is 0 Å². The van der Waals surface area contributed by atoms with Crippen LogP contribution < -0.4 is 4.74 Å². The molecule has 0 radical (unpaired) electrons. The van der Waals surface area contributed by atoms with E-state index in [-0.39, 0.29) is 0 Å². The zero-order chi connectivity index (χ0) is 12.1. The first-order valence-electron chi connectivity index (χ1n) is 5.13. The molecule has 3 heteroatoms. The third-order valence-electron chi connectivity index (χ3n) is 2.28. The minimum atomic E-state index is 0.532. The van der Waals surface area contributed by atoms with Crippen molar-refractivity contribution in [3.8, 4) is 5.75 Å². The number of hydrogen-bond donors (Lipinski definition) is 0. The fourth-order valence-corrected chi connectivity index (χ4v) is 1.63. The van der Waals surface area contributed by atoms with Crippen molar-refractivity contribution in [3.05, 3.63) is 70.0 Å². The second-order valence-electron chi connectivity index (χ2n) is 3.52. The summed E-state index contributed by atoms with van der Waals surface area (Å²) in [5.74, 6) is 0.778. The summed E-state index contributed by atoms with van der Waals surface area (Å²) in [6.45, 7) is 7.38. The van der Waals surface area contributed by atoms with Crippen LogP contribution >= 0.6 is 15.9 Å². The molecule has 84 valence electrons. The highest BCUT2D eigenvalue weighted by molar-refractivity contribution is 9.10. The van der Waals surface area contributed by atoms with Crippen molar-refractivity contribution in [2.75, 3.05) is 0 Å². The number of hydrogen-bond acceptors (Lipinski definition) is 1. The predicted molar refractivity (Wildman–Crippen MR) is 71.2 cm³/mol. The van der Waals surface area contributed by atoms with Crippen LogP contribution in [0.25, 0.3) is 4.85 Å². The van der Waals surface area contributed by atoms with Gasteiger partial charge in [0.1, 0.15) is 12.4 Å². The van der Waals surface area contributed by atoms with E-state index >= 15 is 0 Å². The average Bonchev–Trinajstić information content (AvgIpc) is 2.39. The van der Waals surface area contributed by atoms with Gasteiger partial charge in [-0.2, -0.15) is 0 Å². The number of benzene rings is 2. The first kappa shape index (κ1) is 11.7. The lowest BCUT2D eigenvalue weighted by Crippen LogP contribution is -1.94. The van der Waals surface area contributed by atoms with Crippen LogP contribution in [0.2, 0.25) is 0 Å². The topological polar surface area (TPSA) is 13.6 Å². The van der Waals surface area contributed by atoms with E-state index in [1.54, 1.807) is 12.1 Å². The van der Waals surface area contributed by atoms with Gasteiger partial charge in [-0.3, -0.25) is 0 Å². The third-order valence-corrected chi connectivity index (χ3v) is 2.81. The van der Waals surface area contributed by atoms with E-state index in [1.807, 2.05) is 36.4 Å². The van der Waals surface area contributed by atoms with Gasteiger partial charge in [-0.05, 0) is 29.8 Å². The Hall–Kier alpha value is -1.79. The summed E-state index contributed by atoms with van der Waals surface area (Å²) in [7, 11) is 0. The van der Waals surface area contributed by atoms with Crippen molar-refractivity contribution < 1.29 is 4.74 Å². The van der Waals surface area contributed by atoms with Crippen LogP contribution in [0.15, 0.2) is 53.0 Å². The molecular weight excluding hydrogens is 278 g/mol. The van der Waals surface area contributed by atoms with Crippen molar-refractivity contribution in [1.82, 2.24) is 0 Å². The standard InChI is InChI=1S/C14H10BrNO/c1-16-13-6-8-14(9-7-13)17-10-11-2-4-12(15)5-3-11/h2-9H,10H2. The molecule has 0 bridgehead atoms. The summed E-state index contributed by atoms with van der Waals surface area (Å²) in [4.78, 5) is 3.33. The lowest BCUT2D eigenvalue weighted by molar-refractivity contribution is 0.306. The van der Waals surface area contributed by atoms with Gasteiger partial charge in [-0.1, -0.05) is 40.2 Å². The van der Waals surface area contributed by atoms with Gasteiger partial charge in [0.05, 0.1) is 6.57 Å². The SMILES string of the molecule is [C-]#[N+]c1ccc(OCc2ccc(Br)cc2)cc1.